The van der Waals surface area contributed by atoms with Gasteiger partial charge in [-0.05, 0) is 24.1 Å². The molecular weight excluding hydrogens is 322 g/mol. The van der Waals surface area contributed by atoms with Gasteiger partial charge in [0.25, 0.3) is 0 Å². The summed E-state index contributed by atoms with van der Waals surface area (Å²) in [5.74, 6) is -2.18. The van der Waals surface area contributed by atoms with Gasteiger partial charge in [0.1, 0.15) is 12.2 Å². The number of amides is 2. The van der Waals surface area contributed by atoms with Crippen molar-refractivity contribution in [2.75, 3.05) is 11.5 Å². The van der Waals surface area contributed by atoms with E-state index in [2.05, 4.69) is 0 Å². The van der Waals surface area contributed by atoms with E-state index in [1.807, 2.05) is 25.1 Å². The van der Waals surface area contributed by atoms with Crippen LogP contribution >= 0.6 is 0 Å². The van der Waals surface area contributed by atoms with E-state index < -0.39 is 29.5 Å². The smallest absolute Gasteiger partial charge is 0.302 e. The van der Waals surface area contributed by atoms with Crippen LogP contribution in [0, 0.1) is 11.8 Å². The van der Waals surface area contributed by atoms with Crippen LogP contribution in [0.1, 0.15) is 19.4 Å². The molecule has 0 unspecified atom stereocenters. The number of benzene rings is 1. The molecule has 1 aromatic rings. The minimum absolute atomic E-state index is 0.0568. The maximum atomic E-state index is 13.2. The molecule has 130 valence electrons. The van der Waals surface area contributed by atoms with Crippen molar-refractivity contribution in [3.8, 4) is 0 Å². The second-order valence-electron chi connectivity index (χ2n) is 6.67. The standard InChI is InChI=1S/C19H19NO5/c1-3-12-6-4-5-7-13(12)20-17(22)15-14-8-9-19(25-14,10-24-11(2)21)16(15)18(20)23/h4-9,14-16H,3,10H2,1-2H3/t14-,15-,16-,19+/m1/s1. The number of para-hydroxylation sites is 1. The number of imide groups is 1. The first-order valence-electron chi connectivity index (χ1n) is 8.45. The molecule has 6 heteroatoms. The average Bonchev–Trinajstić information content (AvgIpc) is 3.24. The van der Waals surface area contributed by atoms with Crippen molar-refractivity contribution in [3.63, 3.8) is 0 Å². The van der Waals surface area contributed by atoms with E-state index >= 15 is 0 Å². The normalized spacial score (nSPS) is 32.4. The van der Waals surface area contributed by atoms with Crippen LogP contribution in [0.15, 0.2) is 36.4 Å². The number of esters is 1. The number of nitrogens with zero attached hydrogens (tertiary/aromatic N) is 1. The van der Waals surface area contributed by atoms with Gasteiger partial charge in [0, 0.05) is 6.92 Å². The van der Waals surface area contributed by atoms with Gasteiger partial charge in [0.15, 0.2) is 0 Å². The van der Waals surface area contributed by atoms with Gasteiger partial charge in [-0.15, -0.1) is 0 Å². The van der Waals surface area contributed by atoms with Crippen molar-refractivity contribution >= 4 is 23.5 Å². The summed E-state index contributed by atoms with van der Waals surface area (Å²) in [6.07, 6.45) is 3.84. The Kier molecular flexibility index (Phi) is 3.54. The SMILES string of the molecule is CCc1ccccc1N1C(=O)[C@@H]2[C@H]3C=C[C@@](COC(C)=O)(O3)[C@H]2C1=O. The Bertz CT molecular complexity index is 801. The van der Waals surface area contributed by atoms with Crippen molar-refractivity contribution in [1.29, 1.82) is 0 Å². The second kappa shape index (κ2) is 5.52. The number of hydrogen-bond acceptors (Lipinski definition) is 5. The van der Waals surface area contributed by atoms with Gasteiger partial charge in [-0.25, -0.2) is 4.90 Å². The molecule has 3 aliphatic rings. The van der Waals surface area contributed by atoms with Gasteiger partial charge in [-0.3, -0.25) is 14.4 Å². The van der Waals surface area contributed by atoms with E-state index in [4.69, 9.17) is 9.47 Å². The molecule has 3 aliphatic heterocycles. The number of carbonyl (C=O) groups is 3. The number of ether oxygens (including phenoxy) is 2. The molecule has 2 bridgehead atoms. The van der Waals surface area contributed by atoms with Gasteiger partial charge in [-0.2, -0.15) is 0 Å². The molecule has 3 heterocycles. The molecule has 6 nitrogen and oxygen atoms in total. The van der Waals surface area contributed by atoms with Crippen molar-refractivity contribution in [1.82, 2.24) is 0 Å². The van der Waals surface area contributed by atoms with Gasteiger partial charge < -0.3 is 9.47 Å². The molecule has 0 N–H and O–H groups in total. The number of fused-ring (bicyclic) bond motifs is 5. The molecular formula is C19H19NO5. The van der Waals surface area contributed by atoms with E-state index in [0.29, 0.717) is 5.69 Å². The Hall–Kier alpha value is -2.47. The van der Waals surface area contributed by atoms with Crippen LogP contribution in [0.5, 0.6) is 0 Å². The lowest BCUT2D eigenvalue weighted by molar-refractivity contribution is -0.150. The molecule has 2 fully saturated rings. The fraction of sp³-hybridized carbons (Fsp3) is 0.421. The van der Waals surface area contributed by atoms with E-state index in [1.54, 1.807) is 18.2 Å². The van der Waals surface area contributed by atoms with Crippen LogP contribution in [0.2, 0.25) is 0 Å². The summed E-state index contributed by atoms with van der Waals surface area (Å²) in [7, 11) is 0. The molecule has 4 atom stereocenters. The molecule has 2 amide bonds. The maximum Gasteiger partial charge on any atom is 0.302 e. The zero-order valence-corrected chi connectivity index (χ0v) is 14.1. The molecule has 0 saturated carbocycles. The van der Waals surface area contributed by atoms with Crippen molar-refractivity contribution < 1.29 is 23.9 Å². The third-order valence-corrected chi connectivity index (χ3v) is 5.27. The summed E-state index contributed by atoms with van der Waals surface area (Å²) in [6, 6.07) is 7.43. The lowest BCUT2D eigenvalue weighted by Crippen LogP contribution is -2.44. The monoisotopic (exact) mass is 341 g/mol. The molecule has 0 radical (unpaired) electrons. The zero-order chi connectivity index (χ0) is 17.8. The number of anilines is 1. The van der Waals surface area contributed by atoms with Crippen molar-refractivity contribution in [2.45, 2.75) is 32.0 Å². The van der Waals surface area contributed by atoms with Crippen LogP contribution in [0.3, 0.4) is 0 Å². The number of carbonyl (C=O) groups excluding carboxylic acids is 3. The third-order valence-electron chi connectivity index (χ3n) is 5.27. The Morgan fingerprint density at radius 2 is 2.04 bits per heavy atom. The molecule has 0 aliphatic carbocycles. The van der Waals surface area contributed by atoms with Gasteiger partial charge in [0.2, 0.25) is 11.8 Å². The summed E-state index contributed by atoms with van der Waals surface area (Å²) in [6.45, 7) is 3.24. The summed E-state index contributed by atoms with van der Waals surface area (Å²) < 4.78 is 11.0. The number of hydrogen-bond donors (Lipinski definition) is 0. The maximum absolute atomic E-state index is 13.2. The molecule has 25 heavy (non-hydrogen) atoms. The van der Waals surface area contributed by atoms with E-state index in [-0.39, 0.29) is 18.4 Å². The molecule has 1 aromatic carbocycles. The average molecular weight is 341 g/mol. The van der Waals surface area contributed by atoms with Crippen LogP contribution < -0.4 is 4.90 Å². The largest absolute Gasteiger partial charge is 0.462 e. The van der Waals surface area contributed by atoms with Gasteiger partial charge in [0.05, 0.1) is 23.6 Å². The second-order valence-corrected chi connectivity index (χ2v) is 6.67. The lowest BCUT2D eigenvalue weighted by Gasteiger charge is -2.28. The highest BCUT2D eigenvalue weighted by Crippen LogP contribution is 2.52. The van der Waals surface area contributed by atoms with Crippen molar-refractivity contribution in [2.24, 2.45) is 11.8 Å². The molecule has 0 aromatic heterocycles. The first-order chi connectivity index (χ1) is 12.0. The quantitative estimate of drug-likeness (QED) is 0.473. The molecule has 0 spiro atoms. The number of rotatable bonds is 4. The van der Waals surface area contributed by atoms with Crippen LogP contribution in [0.25, 0.3) is 0 Å². The van der Waals surface area contributed by atoms with Crippen molar-refractivity contribution in [3.05, 3.63) is 42.0 Å². The van der Waals surface area contributed by atoms with Crippen LogP contribution in [-0.2, 0) is 30.3 Å². The third kappa shape index (κ3) is 2.17. The predicted molar refractivity (Wildman–Crippen MR) is 88.7 cm³/mol. The summed E-state index contributed by atoms with van der Waals surface area (Å²) in [5, 5.41) is 0. The minimum Gasteiger partial charge on any atom is -0.462 e. The highest BCUT2D eigenvalue weighted by molar-refractivity contribution is 6.23. The molecule has 4 rings (SSSR count). The van der Waals surface area contributed by atoms with E-state index in [0.717, 1.165) is 12.0 Å². The van der Waals surface area contributed by atoms with E-state index in [1.165, 1.54) is 11.8 Å². The fourth-order valence-corrected chi connectivity index (χ4v) is 4.15. The zero-order valence-electron chi connectivity index (χ0n) is 14.1. The summed E-state index contributed by atoms with van der Waals surface area (Å²) in [5.41, 5.74) is 0.541. The van der Waals surface area contributed by atoms with Gasteiger partial charge in [-0.1, -0.05) is 31.2 Å². The lowest BCUT2D eigenvalue weighted by atomic mass is 9.77. The summed E-state index contributed by atoms with van der Waals surface area (Å²) in [4.78, 5) is 38.7. The Balaban J connectivity index is 1.72. The first kappa shape index (κ1) is 16.0. The fourth-order valence-electron chi connectivity index (χ4n) is 4.15. The minimum atomic E-state index is -1.04. The Labute approximate surface area is 145 Å². The summed E-state index contributed by atoms with van der Waals surface area (Å²) >= 11 is 0. The molecule has 2 saturated heterocycles. The van der Waals surface area contributed by atoms with Crippen LogP contribution in [-0.4, -0.2) is 36.1 Å². The number of aryl methyl sites for hydroxylation is 1. The van der Waals surface area contributed by atoms with Crippen LogP contribution in [0.4, 0.5) is 5.69 Å². The van der Waals surface area contributed by atoms with Gasteiger partial charge >= 0.3 is 5.97 Å². The Morgan fingerprint density at radius 1 is 1.28 bits per heavy atom. The highest BCUT2D eigenvalue weighted by atomic mass is 16.6. The highest BCUT2D eigenvalue weighted by Gasteiger charge is 2.68. The predicted octanol–water partition coefficient (Wildman–Crippen LogP) is 1.63. The van der Waals surface area contributed by atoms with E-state index in [9.17, 15) is 14.4 Å². The Morgan fingerprint density at radius 3 is 2.76 bits per heavy atom. The topological polar surface area (TPSA) is 72.9 Å². The first-order valence-corrected chi connectivity index (χ1v) is 8.45.